The molecule has 2 bridgehead atoms. The van der Waals surface area contributed by atoms with E-state index in [2.05, 4.69) is 6.58 Å². The Kier molecular flexibility index (Phi) is 14.4. The molecule has 304 valence electrons. The number of aliphatic hydroxyl groups excluding tert-OH is 1. The number of ether oxygens (including phenoxy) is 5. The molecule has 0 aliphatic carbocycles. The summed E-state index contributed by atoms with van der Waals surface area (Å²) in [6.07, 6.45) is -4.44. The van der Waals surface area contributed by atoms with Gasteiger partial charge in [-0.05, 0) is 47.8 Å². The number of hydrogen-bond donors (Lipinski definition) is 4. The van der Waals surface area contributed by atoms with Crippen molar-refractivity contribution in [1.29, 1.82) is 0 Å². The van der Waals surface area contributed by atoms with Crippen LogP contribution in [0.5, 0.6) is 0 Å². The number of carboxylic acids is 2. The molecule has 0 aromatic heterocycles. The Labute approximate surface area is 326 Å². The maximum Gasteiger partial charge on any atom is 0.344 e. The lowest BCUT2D eigenvalue weighted by Gasteiger charge is -2.49. The van der Waals surface area contributed by atoms with Gasteiger partial charge in [0, 0.05) is 25.3 Å². The summed E-state index contributed by atoms with van der Waals surface area (Å²) in [7, 11) is 0. The van der Waals surface area contributed by atoms with Crippen LogP contribution in [-0.4, -0.2) is 91.7 Å². The van der Waals surface area contributed by atoms with Crippen molar-refractivity contribution in [2.45, 2.75) is 115 Å². The van der Waals surface area contributed by atoms with Gasteiger partial charge in [0.2, 0.25) is 23.1 Å². The summed E-state index contributed by atoms with van der Waals surface area (Å²) in [5, 5.41) is 45.2. The zero-order chi connectivity index (χ0) is 41.4. The zero-order valence-corrected chi connectivity index (χ0v) is 32.3. The highest BCUT2D eigenvalue weighted by molar-refractivity contribution is 5.98. The SMILES string of the molecule is C=C(CC[C@]12O[C@H](C(=O)OCc3ccccc3)[C@@](O)(C(=O)O)[C@](C(=O)O)(O1)[C@H](OC(=O)/C=C/[C@@H](C)C[C@@H](C)CC)[C@H]2O)[C@@H](OC(C)=O)[C@H](C)Cc1ccccc1. The second-order valence-corrected chi connectivity index (χ2v) is 14.9. The summed E-state index contributed by atoms with van der Waals surface area (Å²) in [4.78, 5) is 65.8. The Balaban J connectivity index is 1.75. The van der Waals surface area contributed by atoms with Gasteiger partial charge in [0.05, 0.1) is 0 Å². The Morgan fingerprint density at radius 1 is 0.946 bits per heavy atom. The number of benzene rings is 2. The first kappa shape index (κ1) is 43.8. The summed E-state index contributed by atoms with van der Waals surface area (Å²) in [5.41, 5.74) is -5.66. The van der Waals surface area contributed by atoms with E-state index in [0.29, 0.717) is 24.3 Å². The van der Waals surface area contributed by atoms with Crippen molar-refractivity contribution in [3.63, 3.8) is 0 Å². The topological polar surface area (TPSA) is 212 Å². The monoisotopic (exact) mass is 780 g/mol. The lowest BCUT2D eigenvalue weighted by atomic mass is 9.74. The molecule has 0 unspecified atom stereocenters. The number of carboxylic acid groups (broad SMARTS) is 2. The second-order valence-electron chi connectivity index (χ2n) is 14.9. The molecule has 0 radical (unpaired) electrons. The third-order valence-corrected chi connectivity index (χ3v) is 10.5. The molecule has 0 spiro atoms. The first-order chi connectivity index (χ1) is 26.4. The van der Waals surface area contributed by atoms with E-state index in [9.17, 15) is 44.4 Å². The van der Waals surface area contributed by atoms with Gasteiger partial charge in [0.25, 0.3) is 0 Å². The molecule has 2 saturated heterocycles. The van der Waals surface area contributed by atoms with E-state index in [1.54, 1.807) is 30.3 Å². The van der Waals surface area contributed by atoms with Gasteiger partial charge >= 0.3 is 29.8 Å². The van der Waals surface area contributed by atoms with Crippen LogP contribution >= 0.6 is 0 Å². The van der Waals surface area contributed by atoms with Gasteiger partial charge in [-0.25, -0.2) is 19.2 Å². The Morgan fingerprint density at radius 2 is 1.55 bits per heavy atom. The van der Waals surface area contributed by atoms with Gasteiger partial charge in [0.15, 0.2) is 6.10 Å². The number of rotatable bonds is 19. The number of carbonyl (C=O) groups is 5. The predicted octanol–water partition coefficient (Wildman–Crippen LogP) is 4.54. The highest BCUT2D eigenvalue weighted by atomic mass is 16.8. The number of fused-ring (bicyclic) bond motifs is 2. The lowest BCUT2D eigenvalue weighted by molar-refractivity contribution is -0.374. The smallest absolute Gasteiger partial charge is 0.344 e. The maximum absolute atomic E-state index is 13.8. The first-order valence-electron chi connectivity index (χ1n) is 18.6. The van der Waals surface area contributed by atoms with E-state index in [0.717, 1.165) is 18.1 Å². The molecule has 4 N–H and O–H groups in total. The van der Waals surface area contributed by atoms with Crippen molar-refractivity contribution in [2.75, 3.05) is 0 Å². The molecule has 2 fully saturated rings. The largest absolute Gasteiger partial charge is 0.479 e. The van der Waals surface area contributed by atoms with Crippen molar-refractivity contribution >= 4 is 29.8 Å². The molecule has 2 aliphatic rings. The molecule has 4 rings (SSSR count). The van der Waals surface area contributed by atoms with Crippen LogP contribution in [0.15, 0.2) is 85.0 Å². The highest BCUT2D eigenvalue weighted by Gasteiger charge is 2.86. The number of esters is 3. The second kappa shape index (κ2) is 18.4. The summed E-state index contributed by atoms with van der Waals surface area (Å²) in [6.45, 7) is 12.6. The standard InChI is InChI=1S/C42H52O14/c1-7-25(2)22-26(3)18-19-32(44)54-35-34(45)40(21-20-27(4)33(53-29(6)43)28(5)23-30-14-10-8-11-15-30)55-36(37(46)52-24-31-16-12-9-13-17-31)41(51,38(47)48)42(35,56-40)39(49)50/h8-19,25-26,28,33-36,45,51H,4,7,20-24H2,1-3,5-6H3,(H,47,48)(H,49,50)/b19-18+/t25-,26+,28+,33+,34+,35+,36+,40-,41+,42-/m0/s1. The molecule has 56 heavy (non-hydrogen) atoms. The molecule has 10 atom stereocenters. The van der Waals surface area contributed by atoms with Crippen molar-refractivity contribution in [1.82, 2.24) is 0 Å². The van der Waals surface area contributed by atoms with Gasteiger partial charge in [-0.2, -0.15) is 0 Å². The first-order valence-corrected chi connectivity index (χ1v) is 18.6. The van der Waals surface area contributed by atoms with Crippen LogP contribution in [0.4, 0.5) is 0 Å². The summed E-state index contributed by atoms with van der Waals surface area (Å²) < 4.78 is 28.3. The van der Waals surface area contributed by atoms with Crippen LogP contribution in [0.3, 0.4) is 0 Å². The third-order valence-electron chi connectivity index (χ3n) is 10.5. The van der Waals surface area contributed by atoms with Crippen LogP contribution in [-0.2, 0) is 60.7 Å². The van der Waals surface area contributed by atoms with E-state index in [1.165, 1.54) is 13.0 Å². The van der Waals surface area contributed by atoms with Crippen LogP contribution < -0.4 is 0 Å². The Hall–Kier alpha value is -4.89. The molecule has 2 heterocycles. The van der Waals surface area contributed by atoms with Crippen LogP contribution in [0.2, 0.25) is 0 Å². The fraction of sp³-hybridized carbons (Fsp3) is 0.500. The van der Waals surface area contributed by atoms with Gasteiger partial charge in [-0.3, -0.25) is 4.79 Å². The molecule has 0 saturated carbocycles. The average molecular weight is 781 g/mol. The van der Waals surface area contributed by atoms with Crippen molar-refractivity contribution < 1.29 is 68.1 Å². The minimum absolute atomic E-state index is 0.121. The molecule has 14 nitrogen and oxygen atoms in total. The van der Waals surface area contributed by atoms with E-state index in [1.807, 2.05) is 58.0 Å². The quantitative estimate of drug-likeness (QED) is 0.0667. The number of hydrogen-bond acceptors (Lipinski definition) is 12. The van der Waals surface area contributed by atoms with Crippen LogP contribution in [0, 0.1) is 17.8 Å². The minimum atomic E-state index is -3.83. The fourth-order valence-corrected chi connectivity index (χ4v) is 7.38. The van der Waals surface area contributed by atoms with E-state index < -0.39 is 84.3 Å². The molecule has 2 aromatic carbocycles. The number of carbonyl (C=O) groups excluding carboxylic acids is 3. The normalized spacial score (nSPS) is 27.7. The van der Waals surface area contributed by atoms with Gasteiger partial charge in [-0.1, -0.05) is 107 Å². The van der Waals surface area contributed by atoms with E-state index in [4.69, 9.17) is 23.7 Å². The zero-order valence-electron chi connectivity index (χ0n) is 32.3. The average Bonchev–Trinajstić information content (AvgIpc) is 3.38. The number of allylic oxidation sites excluding steroid dienone is 1. The number of aliphatic carboxylic acids is 2. The fourth-order valence-electron chi connectivity index (χ4n) is 7.38. The van der Waals surface area contributed by atoms with Crippen LogP contribution in [0.1, 0.15) is 71.4 Å². The Morgan fingerprint density at radius 3 is 2.11 bits per heavy atom. The predicted molar refractivity (Wildman–Crippen MR) is 199 cm³/mol. The van der Waals surface area contributed by atoms with Crippen molar-refractivity contribution in [2.24, 2.45) is 17.8 Å². The van der Waals surface area contributed by atoms with Crippen molar-refractivity contribution in [3.8, 4) is 0 Å². The number of aliphatic hydroxyl groups is 2. The third kappa shape index (κ3) is 9.21. The van der Waals surface area contributed by atoms with E-state index >= 15 is 0 Å². The van der Waals surface area contributed by atoms with Crippen LogP contribution in [0.25, 0.3) is 0 Å². The summed E-state index contributed by atoms with van der Waals surface area (Å²) in [6, 6.07) is 17.6. The summed E-state index contributed by atoms with van der Waals surface area (Å²) in [5.74, 6) is -10.5. The Bertz CT molecular complexity index is 1760. The maximum atomic E-state index is 13.8. The molecule has 14 heteroatoms. The lowest BCUT2D eigenvalue weighted by Crippen LogP contribution is -2.78. The molecule has 2 aliphatic heterocycles. The van der Waals surface area contributed by atoms with Gasteiger partial charge in [0.1, 0.15) is 18.8 Å². The van der Waals surface area contributed by atoms with Gasteiger partial charge < -0.3 is 44.1 Å². The molecular formula is C42H52O14. The molecular weight excluding hydrogens is 728 g/mol. The summed E-state index contributed by atoms with van der Waals surface area (Å²) >= 11 is 0. The molecule has 2 aromatic rings. The molecule has 0 amide bonds. The van der Waals surface area contributed by atoms with Gasteiger partial charge in [-0.15, -0.1) is 0 Å². The van der Waals surface area contributed by atoms with Crippen molar-refractivity contribution in [3.05, 3.63) is 96.1 Å². The highest BCUT2D eigenvalue weighted by Crippen LogP contribution is 2.56. The minimum Gasteiger partial charge on any atom is -0.479 e. The van der Waals surface area contributed by atoms with E-state index in [-0.39, 0.29) is 23.8 Å².